The van der Waals surface area contributed by atoms with Gasteiger partial charge in [0.15, 0.2) is 0 Å². The summed E-state index contributed by atoms with van der Waals surface area (Å²) in [5, 5.41) is 0. The highest BCUT2D eigenvalue weighted by Gasteiger charge is 1.98. The Morgan fingerprint density at radius 3 is 2.20 bits per heavy atom. The largest absolute Gasteiger partial charge is 0.0998 e. The van der Waals surface area contributed by atoms with Gasteiger partial charge in [0.05, 0.1) is 0 Å². The van der Waals surface area contributed by atoms with Crippen LogP contribution in [0.25, 0.3) is 0 Å². The monoisotopic (exact) mass is 137 g/mol. The van der Waals surface area contributed by atoms with Crippen LogP contribution in [0, 0.1) is 12.8 Å². The van der Waals surface area contributed by atoms with Crippen molar-refractivity contribution in [1.82, 2.24) is 0 Å². The molecule has 0 rings (SSSR count). The molecule has 1 atom stereocenters. The van der Waals surface area contributed by atoms with Gasteiger partial charge >= 0.3 is 0 Å². The number of allylic oxidation sites excluding steroid dienone is 3. The van der Waals surface area contributed by atoms with Crippen molar-refractivity contribution in [2.45, 2.75) is 27.2 Å². The average Bonchev–Trinajstić information content (AvgIpc) is 1.82. The van der Waals surface area contributed by atoms with Gasteiger partial charge in [-0.2, -0.15) is 0 Å². The van der Waals surface area contributed by atoms with Gasteiger partial charge in [0, 0.05) is 0 Å². The van der Waals surface area contributed by atoms with Crippen molar-refractivity contribution in [2.75, 3.05) is 0 Å². The Morgan fingerprint density at radius 1 is 1.40 bits per heavy atom. The molecule has 0 saturated carbocycles. The number of rotatable bonds is 3. The molecule has 0 nitrogen and oxygen atoms in total. The molecule has 0 spiro atoms. The zero-order valence-corrected chi connectivity index (χ0v) is 7.28. The van der Waals surface area contributed by atoms with Gasteiger partial charge in [-0.1, -0.05) is 23.8 Å². The van der Waals surface area contributed by atoms with E-state index < -0.39 is 0 Å². The van der Waals surface area contributed by atoms with Crippen LogP contribution in [0.2, 0.25) is 0 Å². The Bertz CT molecular complexity index is 136. The molecular formula is C10H17. The summed E-state index contributed by atoms with van der Waals surface area (Å²) in [6.07, 6.45) is 3.23. The second-order valence-electron chi connectivity index (χ2n) is 3.06. The number of hydrogen-bond acceptors (Lipinski definition) is 0. The van der Waals surface area contributed by atoms with Crippen molar-refractivity contribution < 1.29 is 0 Å². The molecule has 0 aromatic rings. The lowest BCUT2D eigenvalue weighted by molar-refractivity contribution is 0.770. The van der Waals surface area contributed by atoms with Crippen LogP contribution in [0.4, 0.5) is 0 Å². The summed E-state index contributed by atoms with van der Waals surface area (Å²) in [6.45, 7) is 14.0. The maximum Gasteiger partial charge on any atom is -0.0174 e. The Kier molecular flexibility index (Phi) is 4.10. The number of hydrogen-bond donors (Lipinski definition) is 0. The van der Waals surface area contributed by atoms with E-state index in [1.54, 1.807) is 0 Å². The molecule has 0 heteroatoms. The van der Waals surface area contributed by atoms with Gasteiger partial charge in [0.1, 0.15) is 0 Å². The first-order valence-corrected chi connectivity index (χ1v) is 3.66. The summed E-state index contributed by atoms with van der Waals surface area (Å²) in [4.78, 5) is 0. The van der Waals surface area contributed by atoms with Crippen molar-refractivity contribution in [3.8, 4) is 0 Å². The second-order valence-corrected chi connectivity index (χ2v) is 3.06. The molecule has 0 aliphatic carbocycles. The summed E-state index contributed by atoms with van der Waals surface area (Å²) < 4.78 is 0. The fourth-order valence-electron chi connectivity index (χ4n) is 0.579. The van der Waals surface area contributed by atoms with Gasteiger partial charge in [-0.3, -0.25) is 0 Å². The first-order valence-electron chi connectivity index (χ1n) is 3.66. The van der Waals surface area contributed by atoms with E-state index in [9.17, 15) is 0 Å². The molecule has 0 aliphatic rings. The van der Waals surface area contributed by atoms with Gasteiger partial charge in [-0.05, 0) is 40.0 Å². The van der Waals surface area contributed by atoms with E-state index in [0.29, 0.717) is 5.92 Å². The van der Waals surface area contributed by atoms with E-state index in [-0.39, 0.29) is 0 Å². The highest BCUT2D eigenvalue weighted by molar-refractivity contribution is 5.03. The van der Waals surface area contributed by atoms with Crippen LogP contribution in [-0.4, -0.2) is 0 Å². The Hall–Kier alpha value is -0.520. The molecule has 0 unspecified atom stereocenters. The van der Waals surface area contributed by atoms with Gasteiger partial charge in [-0.25, -0.2) is 0 Å². The smallest absolute Gasteiger partial charge is 0.0174 e. The maximum absolute atomic E-state index is 3.97. The first-order chi connectivity index (χ1) is 4.54. The van der Waals surface area contributed by atoms with Gasteiger partial charge in [-0.15, -0.1) is 0 Å². The molecular weight excluding hydrogens is 120 g/mol. The molecule has 0 aliphatic heterocycles. The summed E-state index contributed by atoms with van der Waals surface area (Å²) in [5.74, 6) is 0.384. The van der Waals surface area contributed by atoms with Gasteiger partial charge in [0.2, 0.25) is 0 Å². The van der Waals surface area contributed by atoms with Crippen molar-refractivity contribution in [3.05, 3.63) is 30.7 Å². The third-order valence-corrected chi connectivity index (χ3v) is 1.51. The topological polar surface area (TPSA) is 0 Å². The van der Waals surface area contributed by atoms with Crippen LogP contribution in [0.5, 0.6) is 0 Å². The van der Waals surface area contributed by atoms with E-state index in [0.717, 1.165) is 12.0 Å². The van der Waals surface area contributed by atoms with Crippen molar-refractivity contribution in [1.29, 1.82) is 0 Å². The molecule has 0 fully saturated rings. The lowest BCUT2D eigenvalue weighted by Gasteiger charge is -2.06. The fourth-order valence-corrected chi connectivity index (χ4v) is 0.579. The van der Waals surface area contributed by atoms with Crippen molar-refractivity contribution in [2.24, 2.45) is 5.92 Å². The third-order valence-electron chi connectivity index (χ3n) is 1.51. The standard InChI is InChI=1S/C10H17/c1-8(2)6-7-10(5)9(3)4/h6,10H,3,5,7H2,1-2,4H3/t10-/m1/s1. The molecule has 0 aromatic carbocycles. The quantitative estimate of drug-likeness (QED) is 0.523. The predicted molar refractivity (Wildman–Crippen MR) is 47.7 cm³/mol. The van der Waals surface area contributed by atoms with Crippen LogP contribution >= 0.6 is 0 Å². The van der Waals surface area contributed by atoms with E-state index >= 15 is 0 Å². The zero-order chi connectivity index (χ0) is 8.15. The minimum absolute atomic E-state index is 0.384. The minimum atomic E-state index is 0.384. The van der Waals surface area contributed by atoms with Crippen LogP contribution in [0.3, 0.4) is 0 Å². The maximum atomic E-state index is 3.97. The molecule has 0 amide bonds. The Morgan fingerprint density at radius 2 is 1.90 bits per heavy atom. The molecule has 0 bridgehead atoms. The molecule has 10 heavy (non-hydrogen) atoms. The molecule has 57 valence electrons. The predicted octanol–water partition coefficient (Wildman–Crippen LogP) is 3.37. The van der Waals surface area contributed by atoms with Crippen LogP contribution in [0.15, 0.2) is 23.8 Å². The normalized spacial score (nSPS) is 12.4. The zero-order valence-electron chi connectivity index (χ0n) is 7.28. The van der Waals surface area contributed by atoms with E-state index in [1.165, 1.54) is 5.57 Å². The lowest BCUT2D eigenvalue weighted by Crippen LogP contribution is -1.92. The van der Waals surface area contributed by atoms with E-state index in [2.05, 4.69) is 33.4 Å². The van der Waals surface area contributed by atoms with Crippen LogP contribution in [-0.2, 0) is 0 Å². The molecule has 0 N–H and O–H groups in total. The lowest BCUT2D eigenvalue weighted by atomic mass is 10.00. The highest BCUT2D eigenvalue weighted by Crippen LogP contribution is 2.12. The SMILES string of the molecule is [CH2][C@H](CC=C(C)C)C(=C)C. The summed E-state index contributed by atoms with van der Waals surface area (Å²) >= 11 is 0. The van der Waals surface area contributed by atoms with Gasteiger partial charge < -0.3 is 0 Å². The minimum Gasteiger partial charge on any atom is -0.0998 e. The second kappa shape index (κ2) is 4.32. The highest BCUT2D eigenvalue weighted by atomic mass is 14.0. The molecule has 0 aromatic heterocycles. The summed E-state index contributed by atoms with van der Waals surface area (Å²) in [5.41, 5.74) is 2.52. The van der Waals surface area contributed by atoms with E-state index in [1.807, 2.05) is 6.92 Å². The van der Waals surface area contributed by atoms with Crippen LogP contribution in [0.1, 0.15) is 27.2 Å². The third kappa shape index (κ3) is 4.37. The molecule has 0 heterocycles. The average molecular weight is 137 g/mol. The van der Waals surface area contributed by atoms with E-state index in [4.69, 9.17) is 0 Å². The molecule has 0 saturated heterocycles. The van der Waals surface area contributed by atoms with Gasteiger partial charge in [0.25, 0.3) is 0 Å². The van der Waals surface area contributed by atoms with Crippen LogP contribution < -0.4 is 0 Å². The first kappa shape index (κ1) is 9.48. The van der Waals surface area contributed by atoms with Crippen molar-refractivity contribution in [3.63, 3.8) is 0 Å². The van der Waals surface area contributed by atoms with Crippen molar-refractivity contribution >= 4 is 0 Å². The molecule has 1 radical (unpaired) electrons. The Balaban J connectivity index is 3.70. The summed E-state index contributed by atoms with van der Waals surface area (Å²) in [7, 11) is 0. The fraction of sp³-hybridized carbons (Fsp3) is 0.500. The summed E-state index contributed by atoms with van der Waals surface area (Å²) in [6, 6.07) is 0. The Labute approximate surface area is 64.6 Å².